The van der Waals surface area contributed by atoms with Gasteiger partial charge in [-0.2, -0.15) is 5.10 Å². The Morgan fingerprint density at radius 2 is 1.90 bits per heavy atom. The molecular weight excluding hydrogens is 260 g/mol. The van der Waals surface area contributed by atoms with Gasteiger partial charge >= 0.3 is 0 Å². The predicted octanol–water partition coefficient (Wildman–Crippen LogP) is 3.11. The largest absolute Gasteiger partial charge is 0.318 e. The zero-order valence-electron chi connectivity index (χ0n) is 12.4. The van der Waals surface area contributed by atoms with E-state index in [1.807, 2.05) is 12.1 Å². The van der Waals surface area contributed by atoms with E-state index in [0.29, 0.717) is 0 Å². The van der Waals surface area contributed by atoms with Crippen molar-refractivity contribution in [1.82, 2.24) is 20.1 Å². The van der Waals surface area contributed by atoms with Crippen molar-refractivity contribution in [3.8, 4) is 5.69 Å². The Hall–Kier alpha value is -2.33. The van der Waals surface area contributed by atoms with Crippen molar-refractivity contribution in [2.24, 2.45) is 0 Å². The molecule has 2 aromatic heterocycles. The minimum atomic E-state index is 0.801. The fraction of sp³-hybridized carbons (Fsp3) is 0.235. The number of para-hydroxylation sites is 1. The maximum atomic E-state index is 3.95. The number of rotatable bonds is 5. The molecule has 108 valence electrons. The Balaban J connectivity index is 1.75. The SMILES string of the molecule is Cc1cc(CNCc2ccn[nH]2)c(C)n1-c1ccccc1. The average Bonchev–Trinajstić information content (AvgIpc) is 3.09. The minimum absolute atomic E-state index is 0.801. The molecule has 0 unspecified atom stereocenters. The standard InChI is InChI=1S/C17H20N4/c1-13-10-15(11-18-12-16-8-9-19-20-16)14(2)21(13)17-6-4-3-5-7-17/h3-10,18H,11-12H2,1-2H3,(H,19,20). The maximum Gasteiger partial charge on any atom is 0.0490 e. The van der Waals surface area contributed by atoms with Crippen LogP contribution in [-0.4, -0.2) is 14.8 Å². The number of hydrogen-bond acceptors (Lipinski definition) is 2. The quantitative estimate of drug-likeness (QED) is 0.754. The van der Waals surface area contributed by atoms with Gasteiger partial charge in [-0.1, -0.05) is 18.2 Å². The van der Waals surface area contributed by atoms with Crippen LogP contribution in [0.25, 0.3) is 5.69 Å². The molecule has 0 fully saturated rings. The summed E-state index contributed by atoms with van der Waals surface area (Å²) in [5, 5.41) is 10.4. The van der Waals surface area contributed by atoms with Crippen LogP contribution in [0.2, 0.25) is 0 Å². The van der Waals surface area contributed by atoms with Crippen LogP contribution in [0.4, 0.5) is 0 Å². The minimum Gasteiger partial charge on any atom is -0.318 e. The number of hydrogen-bond donors (Lipinski definition) is 2. The molecule has 0 amide bonds. The van der Waals surface area contributed by atoms with Crippen LogP contribution >= 0.6 is 0 Å². The number of aromatic nitrogens is 3. The van der Waals surface area contributed by atoms with Gasteiger partial charge in [-0.05, 0) is 43.7 Å². The van der Waals surface area contributed by atoms with Gasteiger partial charge in [0.2, 0.25) is 0 Å². The van der Waals surface area contributed by atoms with Gasteiger partial charge in [-0.25, -0.2) is 0 Å². The Kier molecular flexibility index (Phi) is 3.88. The summed E-state index contributed by atoms with van der Waals surface area (Å²) in [6, 6.07) is 14.7. The van der Waals surface area contributed by atoms with Gasteiger partial charge in [0.1, 0.15) is 0 Å². The fourth-order valence-corrected chi connectivity index (χ4v) is 2.70. The van der Waals surface area contributed by atoms with Gasteiger partial charge in [0, 0.05) is 42.1 Å². The molecule has 0 saturated heterocycles. The molecular formula is C17H20N4. The lowest BCUT2D eigenvalue weighted by Crippen LogP contribution is -2.13. The highest BCUT2D eigenvalue weighted by Gasteiger charge is 2.10. The van der Waals surface area contributed by atoms with E-state index in [-0.39, 0.29) is 0 Å². The van der Waals surface area contributed by atoms with E-state index >= 15 is 0 Å². The van der Waals surface area contributed by atoms with Gasteiger partial charge in [0.05, 0.1) is 0 Å². The third kappa shape index (κ3) is 2.90. The summed E-state index contributed by atoms with van der Waals surface area (Å²) in [6.07, 6.45) is 1.78. The molecule has 0 radical (unpaired) electrons. The summed E-state index contributed by atoms with van der Waals surface area (Å²) in [5.41, 5.74) is 6.20. The van der Waals surface area contributed by atoms with Gasteiger partial charge in [-0.15, -0.1) is 0 Å². The lowest BCUT2D eigenvalue weighted by atomic mass is 10.2. The zero-order valence-corrected chi connectivity index (χ0v) is 12.4. The Labute approximate surface area is 124 Å². The highest BCUT2D eigenvalue weighted by atomic mass is 15.1. The number of H-pyrrole nitrogens is 1. The van der Waals surface area contributed by atoms with Crippen molar-refractivity contribution in [3.05, 3.63) is 71.3 Å². The van der Waals surface area contributed by atoms with Crippen LogP contribution in [0, 0.1) is 13.8 Å². The van der Waals surface area contributed by atoms with Crippen molar-refractivity contribution in [2.45, 2.75) is 26.9 Å². The van der Waals surface area contributed by atoms with Crippen LogP contribution in [-0.2, 0) is 13.1 Å². The van der Waals surface area contributed by atoms with E-state index in [0.717, 1.165) is 18.8 Å². The molecule has 0 spiro atoms. The van der Waals surface area contributed by atoms with E-state index in [1.165, 1.54) is 22.6 Å². The fourth-order valence-electron chi connectivity index (χ4n) is 2.70. The second-order valence-corrected chi connectivity index (χ2v) is 5.25. The molecule has 2 N–H and O–H groups in total. The zero-order chi connectivity index (χ0) is 14.7. The Morgan fingerprint density at radius 3 is 2.62 bits per heavy atom. The van der Waals surface area contributed by atoms with Crippen molar-refractivity contribution >= 4 is 0 Å². The number of benzene rings is 1. The number of aromatic amines is 1. The van der Waals surface area contributed by atoms with Crippen molar-refractivity contribution in [3.63, 3.8) is 0 Å². The molecule has 0 aliphatic rings. The first-order valence-electron chi connectivity index (χ1n) is 7.18. The first-order chi connectivity index (χ1) is 10.3. The number of nitrogens with one attached hydrogen (secondary N) is 2. The molecule has 4 heteroatoms. The predicted molar refractivity (Wildman–Crippen MR) is 84.4 cm³/mol. The summed E-state index contributed by atoms with van der Waals surface area (Å²) in [6.45, 7) is 5.98. The first kappa shape index (κ1) is 13.6. The van der Waals surface area contributed by atoms with E-state index in [9.17, 15) is 0 Å². The highest BCUT2D eigenvalue weighted by Crippen LogP contribution is 2.20. The summed E-state index contributed by atoms with van der Waals surface area (Å²) in [7, 11) is 0. The van der Waals surface area contributed by atoms with Gasteiger partial charge in [0.25, 0.3) is 0 Å². The van der Waals surface area contributed by atoms with Crippen LogP contribution < -0.4 is 5.32 Å². The smallest absolute Gasteiger partial charge is 0.0490 e. The van der Waals surface area contributed by atoms with Crippen LogP contribution in [0.5, 0.6) is 0 Å². The number of aryl methyl sites for hydroxylation is 1. The molecule has 3 rings (SSSR count). The van der Waals surface area contributed by atoms with Crippen LogP contribution in [0.3, 0.4) is 0 Å². The summed E-state index contributed by atoms with van der Waals surface area (Å²) >= 11 is 0. The Bertz CT molecular complexity index is 696. The van der Waals surface area contributed by atoms with Crippen molar-refractivity contribution < 1.29 is 0 Å². The summed E-state index contributed by atoms with van der Waals surface area (Å²) in [5.74, 6) is 0. The molecule has 0 atom stereocenters. The van der Waals surface area contributed by atoms with E-state index < -0.39 is 0 Å². The Morgan fingerprint density at radius 1 is 1.10 bits per heavy atom. The second-order valence-electron chi connectivity index (χ2n) is 5.25. The third-order valence-electron chi connectivity index (χ3n) is 3.74. The molecule has 21 heavy (non-hydrogen) atoms. The molecule has 0 saturated carbocycles. The summed E-state index contributed by atoms with van der Waals surface area (Å²) < 4.78 is 2.30. The van der Waals surface area contributed by atoms with Gasteiger partial charge in [-0.3, -0.25) is 5.10 Å². The van der Waals surface area contributed by atoms with E-state index in [1.54, 1.807) is 6.20 Å². The van der Waals surface area contributed by atoms with Crippen LogP contribution in [0.1, 0.15) is 22.6 Å². The molecule has 4 nitrogen and oxygen atoms in total. The molecule has 0 bridgehead atoms. The lowest BCUT2D eigenvalue weighted by Gasteiger charge is -2.10. The van der Waals surface area contributed by atoms with Crippen LogP contribution in [0.15, 0.2) is 48.7 Å². The van der Waals surface area contributed by atoms with Crippen molar-refractivity contribution in [1.29, 1.82) is 0 Å². The molecule has 1 aromatic carbocycles. The molecule has 0 aliphatic carbocycles. The monoisotopic (exact) mass is 280 g/mol. The van der Waals surface area contributed by atoms with Gasteiger partial charge in [0.15, 0.2) is 0 Å². The highest BCUT2D eigenvalue weighted by molar-refractivity contribution is 5.40. The maximum absolute atomic E-state index is 3.95. The first-order valence-corrected chi connectivity index (χ1v) is 7.18. The second kappa shape index (κ2) is 5.97. The van der Waals surface area contributed by atoms with Crippen molar-refractivity contribution in [2.75, 3.05) is 0 Å². The van der Waals surface area contributed by atoms with E-state index in [2.05, 4.69) is 64.3 Å². The molecule has 2 heterocycles. The van der Waals surface area contributed by atoms with Gasteiger partial charge < -0.3 is 9.88 Å². The molecule has 0 aliphatic heterocycles. The average molecular weight is 280 g/mol. The number of nitrogens with zero attached hydrogens (tertiary/aromatic N) is 2. The summed E-state index contributed by atoms with van der Waals surface area (Å²) in [4.78, 5) is 0. The lowest BCUT2D eigenvalue weighted by molar-refractivity contribution is 0.674. The topological polar surface area (TPSA) is 45.6 Å². The van der Waals surface area contributed by atoms with E-state index in [4.69, 9.17) is 0 Å². The normalized spacial score (nSPS) is 11.0. The molecule has 3 aromatic rings. The third-order valence-corrected chi connectivity index (χ3v) is 3.74.